The van der Waals surface area contributed by atoms with E-state index in [0.717, 1.165) is 24.2 Å². The Hall–Kier alpha value is -1.31. The third-order valence-corrected chi connectivity index (χ3v) is 7.19. The molecule has 1 amide bonds. The lowest BCUT2D eigenvalue weighted by atomic mass is 9.49. The lowest BCUT2D eigenvalue weighted by molar-refractivity contribution is -0.147. The molecule has 5 aliphatic carbocycles. The van der Waals surface area contributed by atoms with E-state index in [-0.39, 0.29) is 11.5 Å². The van der Waals surface area contributed by atoms with Gasteiger partial charge in [0.05, 0.1) is 6.04 Å². The van der Waals surface area contributed by atoms with Gasteiger partial charge in [-0.2, -0.15) is 0 Å². The Morgan fingerprint density at radius 1 is 1.00 bits per heavy atom. The lowest BCUT2D eigenvalue weighted by Gasteiger charge is -2.56. The molecule has 2 heteroatoms. The molecule has 0 heterocycles. The number of hydrogen-bond acceptors (Lipinski definition) is 1. The van der Waals surface area contributed by atoms with Gasteiger partial charge in [-0.15, -0.1) is 0 Å². The first-order chi connectivity index (χ1) is 11.2. The fourth-order valence-electron chi connectivity index (χ4n) is 6.60. The molecule has 5 aliphatic rings. The number of aryl methyl sites for hydroxylation is 1. The molecular weight excluding hydrogens is 282 g/mol. The monoisotopic (exact) mass is 309 g/mol. The summed E-state index contributed by atoms with van der Waals surface area (Å²) in [7, 11) is 0. The van der Waals surface area contributed by atoms with Gasteiger partial charge in [0, 0.05) is 5.41 Å². The molecule has 0 aromatic heterocycles. The minimum Gasteiger partial charge on any atom is -0.349 e. The molecule has 2 nitrogen and oxygen atoms in total. The summed E-state index contributed by atoms with van der Waals surface area (Å²) < 4.78 is 0. The molecule has 0 aliphatic heterocycles. The van der Waals surface area contributed by atoms with E-state index in [2.05, 4.69) is 29.6 Å². The van der Waals surface area contributed by atoms with E-state index in [1.165, 1.54) is 62.5 Å². The number of rotatable bonds is 2. The van der Waals surface area contributed by atoms with Crippen molar-refractivity contribution in [2.75, 3.05) is 0 Å². The minimum atomic E-state index is -0.0128. The van der Waals surface area contributed by atoms with Crippen LogP contribution in [0.5, 0.6) is 0 Å². The highest BCUT2D eigenvalue weighted by Gasteiger charge is 2.54. The van der Waals surface area contributed by atoms with Crippen LogP contribution < -0.4 is 5.32 Å². The van der Waals surface area contributed by atoms with Crippen LogP contribution in [0.2, 0.25) is 0 Å². The molecule has 0 saturated heterocycles. The van der Waals surface area contributed by atoms with E-state index in [9.17, 15) is 4.79 Å². The highest BCUT2D eigenvalue weighted by Crippen LogP contribution is 2.60. The number of hydrogen-bond donors (Lipinski definition) is 1. The molecule has 122 valence electrons. The number of nitrogens with one attached hydrogen (secondary N) is 1. The number of fused-ring (bicyclic) bond motifs is 1. The van der Waals surface area contributed by atoms with E-state index in [0.29, 0.717) is 5.91 Å². The van der Waals surface area contributed by atoms with Gasteiger partial charge in [-0.25, -0.2) is 0 Å². The predicted octanol–water partition coefficient (Wildman–Crippen LogP) is 4.40. The van der Waals surface area contributed by atoms with Crippen molar-refractivity contribution in [1.82, 2.24) is 5.32 Å². The van der Waals surface area contributed by atoms with Crippen LogP contribution in [0, 0.1) is 23.2 Å². The summed E-state index contributed by atoms with van der Waals surface area (Å²) in [5.74, 6) is 2.90. The molecule has 0 radical (unpaired) electrons. The van der Waals surface area contributed by atoms with Gasteiger partial charge in [-0.3, -0.25) is 4.79 Å². The van der Waals surface area contributed by atoms with Gasteiger partial charge in [0.1, 0.15) is 0 Å². The third-order valence-electron chi connectivity index (χ3n) is 7.19. The average Bonchev–Trinajstić information content (AvgIpc) is 2.54. The topological polar surface area (TPSA) is 29.1 Å². The highest BCUT2D eigenvalue weighted by atomic mass is 16.2. The summed E-state index contributed by atoms with van der Waals surface area (Å²) >= 11 is 0. The first-order valence-corrected chi connectivity index (χ1v) is 9.61. The van der Waals surface area contributed by atoms with Gasteiger partial charge in [0.2, 0.25) is 5.91 Å². The molecule has 1 N–H and O–H groups in total. The molecule has 1 aromatic rings. The van der Waals surface area contributed by atoms with Crippen molar-refractivity contribution < 1.29 is 4.79 Å². The van der Waals surface area contributed by atoms with Gasteiger partial charge in [0.15, 0.2) is 0 Å². The van der Waals surface area contributed by atoms with Crippen molar-refractivity contribution in [2.45, 2.75) is 63.8 Å². The summed E-state index contributed by atoms with van der Waals surface area (Å²) in [5.41, 5.74) is 2.80. The molecule has 6 rings (SSSR count). The van der Waals surface area contributed by atoms with Crippen LogP contribution in [0.4, 0.5) is 0 Å². The number of amides is 1. The first kappa shape index (κ1) is 14.1. The number of carbonyl (C=O) groups excluding carboxylic acids is 1. The molecule has 0 spiro atoms. The van der Waals surface area contributed by atoms with Gasteiger partial charge in [-0.1, -0.05) is 24.3 Å². The Bertz CT molecular complexity index is 599. The van der Waals surface area contributed by atoms with E-state index in [1.54, 1.807) is 0 Å². The zero-order valence-electron chi connectivity index (χ0n) is 13.9. The van der Waals surface area contributed by atoms with Crippen molar-refractivity contribution in [3.05, 3.63) is 35.4 Å². The normalized spacial score (nSPS) is 40.7. The third kappa shape index (κ3) is 2.25. The van der Waals surface area contributed by atoms with E-state index in [4.69, 9.17) is 0 Å². The molecule has 4 bridgehead atoms. The Kier molecular flexibility index (Phi) is 3.11. The predicted molar refractivity (Wildman–Crippen MR) is 90.9 cm³/mol. The average molecular weight is 309 g/mol. The second kappa shape index (κ2) is 5.09. The Labute approximate surface area is 139 Å². The molecule has 1 atom stereocenters. The van der Waals surface area contributed by atoms with Crippen molar-refractivity contribution in [2.24, 2.45) is 23.2 Å². The second-order valence-electron chi connectivity index (χ2n) is 8.81. The van der Waals surface area contributed by atoms with Gasteiger partial charge >= 0.3 is 0 Å². The largest absolute Gasteiger partial charge is 0.349 e. The molecule has 4 saturated carbocycles. The van der Waals surface area contributed by atoms with Gasteiger partial charge < -0.3 is 5.32 Å². The smallest absolute Gasteiger partial charge is 0.226 e. The Balaban J connectivity index is 1.38. The summed E-state index contributed by atoms with van der Waals surface area (Å²) in [6.45, 7) is 0. The van der Waals surface area contributed by atoms with Crippen LogP contribution in [-0.2, 0) is 11.2 Å². The SMILES string of the molecule is O=C(NC1CCCc2ccccc21)C12CC3CC(CC(C3)C1)C2. The van der Waals surface area contributed by atoms with Crippen LogP contribution in [-0.4, -0.2) is 5.91 Å². The summed E-state index contributed by atoms with van der Waals surface area (Å²) in [6.07, 6.45) is 11.2. The first-order valence-electron chi connectivity index (χ1n) is 9.61. The Morgan fingerprint density at radius 3 is 2.35 bits per heavy atom. The van der Waals surface area contributed by atoms with Crippen LogP contribution in [0.3, 0.4) is 0 Å². The minimum absolute atomic E-state index is 0.0128. The summed E-state index contributed by atoms with van der Waals surface area (Å²) in [6, 6.07) is 8.95. The standard InChI is InChI=1S/C21H27NO/c23-20(21-11-14-8-15(12-21)10-16(9-14)13-21)22-19-7-3-5-17-4-1-2-6-18(17)19/h1-2,4,6,14-16,19H,3,5,7-13H2,(H,22,23). The lowest BCUT2D eigenvalue weighted by Crippen LogP contribution is -2.54. The zero-order chi connectivity index (χ0) is 15.4. The van der Waals surface area contributed by atoms with Crippen molar-refractivity contribution in [1.29, 1.82) is 0 Å². The van der Waals surface area contributed by atoms with E-state index < -0.39 is 0 Å². The van der Waals surface area contributed by atoms with Crippen molar-refractivity contribution in [3.8, 4) is 0 Å². The second-order valence-corrected chi connectivity index (χ2v) is 8.81. The van der Waals surface area contributed by atoms with Crippen LogP contribution in [0.15, 0.2) is 24.3 Å². The maximum absolute atomic E-state index is 13.3. The zero-order valence-corrected chi connectivity index (χ0v) is 13.9. The van der Waals surface area contributed by atoms with Crippen molar-refractivity contribution >= 4 is 5.91 Å². The Morgan fingerprint density at radius 2 is 1.65 bits per heavy atom. The molecule has 23 heavy (non-hydrogen) atoms. The summed E-state index contributed by atoms with van der Waals surface area (Å²) in [4.78, 5) is 13.3. The maximum atomic E-state index is 13.3. The summed E-state index contributed by atoms with van der Waals surface area (Å²) in [5, 5.41) is 3.49. The number of carbonyl (C=O) groups is 1. The van der Waals surface area contributed by atoms with E-state index in [1.807, 2.05) is 0 Å². The van der Waals surface area contributed by atoms with Crippen molar-refractivity contribution in [3.63, 3.8) is 0 Å². The van der Waals surface area contributed by atoms with Crippen LogP contribution in [0.25, 0.3) is 0 Å². The van der Waals surface area contributed by atoms with Crippen LogP contribution >= 0.6 is 0 Å². The molecule has 4 fully saturated rings. The molecule has 1 unspecified atom stereocenters. The van der Waals surface area contributed by atoms with Crippen LogP contribution in [0.1, 0.15) is 68.5 Å². The van der Waals surface area contributed by atoms with E-state index >= 15 is 0 Å². The fourth-order valence-corrected chi connectivity index (χ4v) is 6.60. The fraction of sp³-hybridized carbons (Fsp3) is 0.667. The molecular formula is C21H27NO. The van der Waals surface area contributed by atoms with Gasteiger partial charge in [-0.05, 0) is 86.7 Å². The maximum Gasteiger partial charge on any atom is 0.226 e. The molecule has 1 aromatic carbocycles. The highest BCUT2D eigenvalue weighted by molar-refractivity contribution is 5.83. The quantitative estimate of drug-likeness (QED) is 0.862. The number of benzene rings is 1. The van der Waals surface area contributed by atoms with Gasteiger partial charge in [0.25, 0.3) is 0 Å².